The van der Waals surface area contributed by atoms with Crippen LogP contribution in [0.1, 0.15) is 61.3 Å². The van der Waals surface area contributed by atoms with Gasteiger partial charge in [0.05, 0.1) is 0 Å². The number of rotatable bonds is 5. The zero-order chi connectivity index (χ0) is 19.0. The van der Waals surface area contributed by atoms with Crippen molar-refractivity contribution >= 4 is 5.91 Å². The van der Waals surface area contributed by atoms with Crippen LogP contribution in [0, 0.1) is 17.8 Å². The third-order valence-electron chi connectivity index (χ3n) is 5.39. The number of carbonyl (C=O) groups is 1. The fraction of sp³-hybridized carbons (Fsp3) is 0.952. The number of hydrogen-bond donors (Lipinski definition) is 0. The van der Waals surface area contributed by atoms with Crippen LogP contribution in [0.2, 0.25) is 0 Å². The van der Waals surface area contributed by atoms with E-state index in [4.69, 9.17) is 0 Å². The van der Waals surface area contributed by atoms with Crippen molar-refractivity contribution in [3.8, 4) is 0 Å². The van der Waals surface area contributed by atoms with Gasteiger partial charge in [0.15, 0.2) is 0 Å². The molecule has 4 heteroatoms. The van der Waals surface area contributed by atoms with Gasteiger partial charge in [0.25, 0.3) is 0 Å². The molecular formula is C21H43N3O. The molecule has 1 atom stereocenters. The molecule has 0 aromatic carbocycles. The monoisotopic (exact) mass is 353 g/mol. The van der Waals surface area contributed by atoms with E-state index in [1.165, 1.54) is 45.6 Å². The summed E-state index contributed by atoms with van der Waals surface area (Å²) in [5.41, 5.74) is 0. The Morgan fingerprint density at radius 2 is 1.60 bits per heavy atom. The van der Waals surface area contributed by atoms with Gasteiger partial charge in [-0.25, -0.2) is 0 Å². The van der Waals surface area contributed by atoms with Gasteiger partial charge in [-0.1, -0.05) is 41.5 Å². The lowest BCUT2D eigenvalue weighted by molar-refractivity contribution is -0.136. The van der Waals surface area contributed by atoms with Crippen LogP contribution in [-0.2, 0) is 4.79 Å². The third-order valence-corrected chi connectivity index (χ3v) is 5.39. The summed E-state index contributed by atoms with van der Waals surface area (Å²) in [4.78, 5) is 19.5. The van der Waals surface area contributed by atoms with Crippen molar-refractivity contribution in [2.45, 2.75) is 67.3 Å². The Bertz CT molecular complexity index is 375. The first kappa shape index (κ1) is 22.4. The van der Waals surface area contributed by atoms with E-state index >= 15 is 0 Å². The van der Waals surface area contributed by atoms with E-state index in [0.29, 0.717) is 11.9 Å². The summed E-state index contributed by atoms with van der Waals surface area (Å²) >= 11 is 0. The SMILES string of the molecule is CC.CC(C)CN1CCN(CC2CCN(C(=O)C(C)C)CC2)C(C)C1. The molecule has 2 fully saturated rings. The van der Waals surface area contributed by atoms with Crippen LogP contribution in [0.25, 0.3) is 0 Å². The maximum Gasteiger partial charge on any atom is 0.225 e. The topological polar surface area (TPSA) is 26.8 Å². The van der Waals surface area contributed by atoms with E-state index in [2.05, 4.69) is 35.5 Å². The molecule has 2 saturated heterocycles. The summed E-state index contributed by atoms with van der Waals surface area (Å²) in [6, 6.07) is 0.665. The fourth-order valence-electron chi connectivity index (χ4n) is 4.06. The quantitative estimate of drug-likeness (QED) is 0.756. The van der Waals surface area contributed by atoms with E-state index in [-0.39, 0.29) is 5.92 Å². The van der Waals surface area contributed by atoms with E-state index < -0.39 is 0 Å². The maximum atomic E-state index is 12.1. The molecule has 0 aliphatic carbocycles. The minimum Gasteiger partial charge on any atom is -0.342 e. The van der Waals surface area contributed by atoms with Gasteiger partial charge < -0.3 is 9.80 Å². The molecule has 2 aliphatic heterocycles. The van der Waals surface area contributed by atoms with Gasteiger partial charge in [-0.3, -0.25) is 9.69 Å². The van der Waals surface area contributed by atoms with Gasteiger partial charge in [0.2, 0.25) is 5.91 Å². The number of likely N-dealkylation sites (tertiary alicyclic amines) is 1. The van der Waals surface area contributed by atoms with Gasteiger partial charge in [-0.2, -0.15) is 0 Å². The van der Waals surface area contributed by atoms with Crippen LogP contribution in [0.4, 0.5) is 0 Å². The van der Waals surface area contributed by atoms with E-state index in [0.717, 1.165) is 24.9 Å². The summed E-state index contributed by atoms with van der Waals surface area (Å²) in [7, 11) is 0. The number of hydrogen-bond acceptors (Lipinski definition) is 3. The summed E-state index contributed by atoms with van der Waals surface area (Å²) in [6.07, 6.45) is 2.36. The molecule has 1 amide bonds. The van der Waals surface area contributed by atoms with Crippen LogP contribution in [-0.4, -0.2) is 72.5 Å². The molecule has 0 bridgehead atoms. The van der Waals surface area contributed by atoms with E-state index in [1.54, 1.807) is 0 Å². The highest BCUT2D eigenvalue weighted by atomic mass is 16.2. The Morgan fingerprint density at radius 3 is 2.08 bits per heavy atom. The lowest BCUT2D eigenvalue weighted by atomic mass is 9.94. The molecule has 0 saturated carbocycles. The second-order valence-corrected chi connectivity index (χ2v) is 8.42. The Kier molecular flexibility index (Phi) is 10.0. The summed E-state index contributed by atoms with van der Waals surface area (Å²) in [5.74, 6) is 2.00. The molecule has 0 spiro atoms. The molecule has 0 aromatic heterocycles. The van der Waals surface area contributed by atoms with Crippen molar-refractivity contribution in [2.75, 3.05) is 45.8 Å². The smallest absolute Gasteiger partial charge is 0.225 e. The van der Waals surface area contributed by atoms with Crippen molar-refractivity contribution < 1.29 is 4.79 Å². The molecule has 0 N–H and O–H groups in total. The Balaban J connectivity index is 0.00000151. The summed E-state index contributed by atoms with van der Waals surface area (Å²) < 4.78 is 0. The molecule has 2 aliphatic rings. The number of piperidine rings is 1. The fourth-order valence-corrected chi connectivity index (χ4v) is 4.06. The first-order valence-electron chi connectivity index (χ1n) is 10.6. The molecular weight excluding hydrogens is 310 g/mol. The van der Waals surface area contributed by atoms with E-state index in [1.807, 2.05) is 27.7 Å². The average Bonchev–Trinajstić information content (AvgIpc) is 2.58. The maximum absolute atomic E-state index is 12.1. The minimum atomic E-state index is 0.139. The van der Waals surface area contributed by atoms with Crippen molar-refractivity contribution in [1.29, 1.82) is 0 Å². The second-order valence-electron chi connectivity index (χ2n) is 8.42. The first-order chi connectivity index (χ1) is 11.9. The van der Waals surface area contributed by atoms with Gasteiger partial charge in [-0.15, -0.1) is 0 Å². The highest BCUT2D eigenvalue weighted by Crippen LogP contribution is 2.22. The summed E-state index contributed by atoms with van der Waals surface area (Å²) in [6.45, 7) is 23.0. The zero-order valence-corrected chi connectivity index (χ0v) is 17.9. The predicted octanol–water partition coefficient (Wildman–Crippen LogP) is 3.57. The van der Waals surface area contributed by atoms with E-state index in [9.17, 15) is 4.79 Å². The number of amides is 1. The summed E-state index contributed by atoms with van der Waals surface area (Å²) in [5, 5.41) is 0. The lowest BCUT2D eigenvalue weighted by Gasteiger charge is -2.43. The highest BCUT2D eigenvalue weighted by molar-refractivity contribution is 5.78. The number of carbonyl (C=O) groups excluding carboxylic acids is 1. The first-order valence-corrected chi connectivity index (χ1v) is 10.6. The normalized spacial score (nSPS) is 23.7. The van der Waals surface area contributed by atoms with Gasteiger partial charge in [0, 0.05) is 57.8 Å². The molecule has 148 valence electrons. The molecule has 2 heterocycles. The van der Waals surface area contributed by atoms with Crippen LogP contribution < -0.4 is 0 Å². The van der Waals surface area contributed by atoms with Crippen molar-refractivity contribution in [3.63, 3.8) is 0 Å². The van der Waals surface area contributed by atoms with Gasteiger partial charge in [0.1, 0.15) is 0 Å². The molecule has 0 aromatic rings. The molecule has 2 rings (SSSR count). The highest BCUT2D eigenvalue weighted by Gasteiger charge is 2.29. The van der Waals surface area contributed by atoms with Crippen LogP contribution in [0.15, 0.2) is 0 Å². The molecule has 0 radical (unpaired) electrons. The Hall–Kier alpha value is -0.610. The van der Waals surface area contributed by atoms with Crippen molar-refractivity contribution in [2.24, 2.45) is 17.8 Å². The number of nitrogens with zero attached hydrogens (tertiary/aromatic N) is 3. The predicted molar refractivity (Wildman–Crippen MR) is 108 cm³/mol. The molecule has 25 heavy (non-hydrogen) atoms. The minimum absolute atomic E-state index is 0.139. The number of piperazine rings is 1. The largest absolute Gasteiger partial charge is 0.342 e. The average molecular weight is 354 g/mol. The lowest BCUT2D eigenvalue weighted by Crippen LogP contribution is -2.54. The Labute approximate surface area is 156 Å². The molecule has 1 unspecified atom stereocenters. The zero-order valence-electron chi connectivity index (χ0n) is 17.9. The third kappa shape index (κ3) is 7.26. The molecule has 4 nitrogen and oxygen atoms in total. The standard InChI is InChI=1S/C19H37N3O.C2H6/c1-15(2)12-20-10-11-22(17(5)13-20)14-18-6-8-21(9-7-18)19(23)16(3)4;1-2/h15-18H,6-14H2,1-5H3;1-2H3. The second kappa shape index (κ2) is 11.2. The Morgan fingerprint density at radius 1 is 1.00 bits per heavy atom. The van der Waals surface area contributed by atoms with Gasteiger partial charge >= 0.3 is 0 Å². The van der Waals surface area contributed by atoms with Crippen molar-refractivity contribution in [1.82, 2.24) is 14.7 Å². The van der Waals surface area contributed by atoms with Crippen LogP contribution in [0.3, 0.4) is 0 Å². The van der Waals surface area contributed by atoms with Crippen molar-refractivity contribution in [3.05, 3.63) is 0 Å². The van der Waals surface area contributed by atoms with Crippen LogP contribution >= 0.6 is 0 Å². The van der Waals surface area contributed by atoms with Gasteiger partial charge in [-0.05, 0) is 31.6 Å². The van der Waals surface area contributed by atoms with Crippen LogP contribution in [0.5, 0.6) is 0 Å².